The van der Waals surface area contributed by atoms with Gasteiger partial charge in [0.1, 0.15) is 11.5 Å². The molecule has 37 heavy (non-hydrogen) atoms. The number of carbonyl (C=O) groups is 1. The molecule has 0 saturated heterocycles. The van der Waals surface area contributed by atoms with Crippen molar-refractivity contribution >= 4 is 34.1 Å². The molecule has 0 atom stereocenters. The van der Waals surface area contributed by atoms with Gasteiger partial charge in [-0.05, 0) is 60.5 Å². The normalized spacial score (nSPS) is 11.3. The number of fused-ring (bicyclic) bond motifs is 1. The summed E-state index contributed by atoms with van der Waals surface area (Å²) in [4.78, 5) is 16.9. The lowest BCUT2D eigenvalue weighted by Gasteiger charge is -2.14. The molecule has 0 radical (unpaired) electrons. The molecule has 1 heterocycles. The number of rotatable bonds is 7. The molecule has 0 bridgehead atoms. The van der Waals surface area contributed by atoms with Crippen molar-refractivity contribution in [3.05, 3.63) is 82.5 Å². The number of anilines is 1. The van der Waals surface area contributed by atoms with E-state index in [1.165, 1.54) is 6.07 Å². The van der Waals surface area contributed by atoms with Crippen LogP contribution in [0.15, 0.2) is 60.8 Å². The fourth-order valence-corrected chi connectivity index (χ4v) is 4.01. The Balaban J connectivity index is 1.50. The average Bonchev–Trinajstić information content (AvgIpc) is 2.85. The predicted molar refractivity (Wildman–Crippen MR) is 135 cm³/mol. The molecule has 1 N–H and O–H groups in total. The van der Waals surface area contributed by atoms with E-state index in [0.717, 1.165) is 17.5 Å². The standard InChI is InChI=1S/C27H22ClF3N2O4/c1-15-10-17(37-23-8-9-32-22-14-25(36-3)24(35-2)13-18(22)23)5-7-21(15)33-26(34)12-16-4-6-20(28)19(11-16)27(29,30)31/h4-11,13-14H,12H2,1-3H3,(H,33,34). The topological polar surface area (TPSA) is 69.7 Å². The van der Waals surface area contributed by atoms with E-state index in [1.807, 2.05) is 0 Å². The lowest BCUT2D eigenvalue weighted by Crippen LogP contribution is -2.16. The maximum absolute atomic E-state index is 13.1. The Morgan fingerprint density at radius 3 is 2.38 bits per heavy atom. The van der Waals surface area contributed by atoms with Gasteiger partial charge in [-0.1, -0.05) is 17.7 Å². The monoisotopic (exact) mass is 530 g/mol. The summed E-state index contributed by atoms with van der Waals surface area (Å²) in [6, 6.07) is 13.8. The number of nitrogens with one attached hydrogen (secondary N) is 1. The summed E-state index contributed by atoms with van der Waals surface area (Å²) in [6.45, 7) is 1.78. The molecule has 0 saturated carbocycles. The summed E-state index contributed by atoms with van der Waals surface area (Å²) in [7, 11) is 3.08. The molecule has 4 aromatic rings. The molecule has 0 fully saturated rings. The first-order valence-corrected chi connectivity index (χ1v) is 11.4. The van der Waals surface area contributed by atoms with Crippen LogP contribution >= 0.6 is 11.6 Å². The lowest BCUT2D eigenvalue weighted by atomic mass is 10.1. The summed E-state index contributed by atoms with van der Waals surface area (Å²) >= 11 is 5.65. The van der Waals surface area contributed by atoms with Crippen LogP contribution in [-0.2, 0) is 17.4 Å². The molecular weight excluding hydrogens is 509 g/mol. The van der Waals surface area contributed by atoms with Gasteiger partial charge in [-0.15, -0.1) is 0 Å². The minimum atomic E-state index is -4.60. The van der Waals surface area contributed by atoms with E-state index in [0.29, 0.717) is 39.8 Å². The largest absolute Gasteiger partial charge is 0.493 e. The highest BCUT2D eigenvalue weighted by atomic mass is 35.5. The highest BCUT2D eigenvalue weighted by molar-refractivity contribution is 6.31. The number of aryl methyl sites for hydroxylation is 1. The Kier molecular flexibility index (Phi) is 7.45. The Morgan fingerprint density at radius 2 is 1.70 bits per heavy atom. The maximum Gasteiger partial charge on any atom is 0.417 e. The van der Waals surface area contributed by atoms with Crippen LogP contribution in [0, 0.1) is 6.92 Å². The molecular formula is C27H22ClF3N2O4. The van der Waals surface area contributed by atoms with Crippen LogP contribution in [0.5, 0.6) is 23.0 Å². The molecule has 192 valence electrons. The number of nitrogens with zero attached hydrogens (tertiary/aromatic N) is 1. The van der Waals surface area contributed by atoms with Crippen LogP contribution in [-0.4, -0.2) is 25.1 Å². The third-order valence-corrected chi connectivity index (χ3v) is 5.94. The molecule has 1 amide bonds. The fourth-order valence-electron chi connectivity index (χ4n) is 3.78. The first kappa shape index (κ1) is 26.1. The molecule has 0 aliphatic rings. The molecule has 3 aromatic carbocycles. The van der Waals surface area contributed by atoms with Crippen molar-refractivity contribution in [1.29, 1.82) is 0 Å². The van der Waals surface area contributed by atoms with Crippen LogP contribution in [0.25, 0.3) is 10.9 Å². The van der Waals surface area contributed by atoms with E-state index in [9.17, 15) is 18.0 Å². The molecule has 6 nitrogen and oxygen atoms in total. The van der Waals surface area contributed by atoms with Crippen molar-refractivity contribution in [1.82, 2.24) is 4.98 Å². The average molecular weight is 531 g/mol. The first-order chi connectivity index (χ1) is 17.6. The third-order valence-electron chi connectivity index (χ3n) is 5.61. The molecule has 1 aromatic heterocycles. The molecule has 0 aliphatic carbocycles. The summed E-state index contributed by atoms with van der Waals surface area (Å²) in [5.74, 6) is 1.68. The number of ether oxygens (including phenoxy) is 3. The quantitative estimate of drug-likeness (QED) is 0.273. The number of hydrogen-bond acceptors (Lipinski definition) is 5. The second-order valence-corrected chi connectivity index (χ2v) is 8.56. The number of hydrogen-bond donors (Lipinski definition) is 1. The van der Waals surface area contributed by atoms with Gasteiger partial charge >= 0.3 is 6.18 Å². The second-order valence-electron chi connectivity index (χ2n) is 8.15. The first-order valence-electron chi connectivity index (χ1n) is 11.0. The minimum absolute atomic E-state index is 0.198. The number of methoxy groups -OCH3 is 2. The van der Waals surface area contributed by atoms with Crippen molar-refractivity contribution in [2.45, 2.75) is 19.5 Å². The van der Waals surface area contributed by atoms with Gasteiger partial charge < -0.3 is 19.5 Å². The Labute approximate surface area is 215 Å². The van der Waals surface area contributed by atoms with Gasteiger partial charge in [0.15, 0.2) is 11.5 Å². The Morgan fingerprint density at radius 1 is 0.973 bits per heavy atom. The smallest absolute Gasteiger partial charge is 0.417 e. The summed E-state index contributed by atoms with van der Waals surface area (Å²) in [5.41, 5.74) is 1.09. The van der Waals surface area contributed by atoms with Crippen molar-refractivity contribution in [3.8, 4) is 23.0 Å². The van der Waals surface area contributed by atoms with E-state index >= 15 is 0 Å². The summed E-state index contributed by atoms with van der Waals surface area (Å²) < 4.78 is 56.1. The van der Waals surface area contributed by atoms with E-state index < -0.39 is 22.7 Å². The zero-order valence-corrected chi connectivity index (χ0v) is 20.8. The van der Waals surface area contributed by atoms with Gasteiger partial charge in [-0.3, -0.25) is 9.78 Å². The second kappa shape index (κ2) is 10.6. The number of amides is 1. The van der Waals surface area contributed by atoms with Gasteiger partial charge in [0.2, 0.25) is 5.91 Å². The molecule has 0 spiro atoms. The maximum atomic E-state index is 13.1. The van der Waals surface area contributed by atoms with Crippen LogP contribution in [0.4, 0.5) is 18.9 Å². The number of aromatic nitrogens is 1. The van der Waals surface area contributed by atoms with Crippen molar-refractivity contribution in [3.63, 3.8) is 0 Å². The highest BCUT2D eigenvalue weighted by Crippen LogP contribution is 2.38. The number of benzene rings is 3. The van der Waals surface area contributed by atoms with E-state index in [2.05, 4.69) is 10.3 Å². The van der Waals surface area contributed by atoms with Crippen LogP contribution in [0.2, 0.25) is 5.02 Å². The van der Waals surface area contributed by atoms with Crippen LogP contribution < -0.4 is 19.5 Å². The zero-order valence-electron chi connectivity index (χ0n) is 20.1. The van der Waals surface area contributed by atoms with Gasteiger partial charge in [0.05, 0.1) is 36.7 Å². The van der Waals surface area contributed by atoms with Gasteiger partial charge in [-0.25, -0.2) is 0 Å². The number of pyridine rings is 1. The number of halogens is 4. The molecule has 0 aliphatic heterocycles. The van der Waals surface area contributed by atoms with Crippen molar-refractivity contribution in [2.75, 3.05) is 19.5 Å². The Hall–Kier alpha value is -3.98. The van der Waals surface area contributed by atoms with Crippen LogP contribution in [0.1, 0.15) is 16.7 Å². The van der Waals surface area contributed by atoms with Gasteiger partial charge in [0.25, 0.3) is 0 Å². The van der Waals surface area contributed by atoms with Gasteiger partial charge in [-0.2, -0.15) is 13.2 Å². The molecule has 10 heteroatoms. The predicted octanol–water partition coefficient (Wildman–Crippen LogP) is 7.21. The van der Waals surface area contributed by atoms with E-state index in [4.69, 9.17) is 25.8 Å². The van der Waals surface area contributed by atoms with E-state index in [-0.39, 0.29) is 12.0 Å². The third kappa shape index (κ3) is 5.89. The van der Waals surface area contributed by atoms with Crippen LogP contribution in [0.3, 0.4) is 0 Å². The number of carbonyl (C=O) groups excluding carboxylic acids is 1. The summed E-state index contributed by atoms with van der Waals surface area (Å²) in [6.07, 6.45) is -3.23. The SMILES string of the molecule is COc1cc2nccc(Oc3ccc(NC(=O)Cc4ccc(Cl)c(C(F)(F)F)c4)c(C)c3)c2cc1OC. The highest BCUT2D eigenvalue weighted by Gasteiger charge is 2.33. The van der Waals surface area contributed by atoms with Gasteiger partial charge in [0, 0.05) is 23.3 Å². The zero-order chi connectivity index (χ0) is 26.7. The fraction of sp³-hybridized carbons (Fsp3) is 0.185. The lowest BCUT2D eigenvalue weighted by molar-refractivity contribution is -0.137. The molecule has 0 unspecified atom stereocenters. The minimum Gasteiger partial charge on any atom is -0.493 e. The summed E-state index contributed by atoms with van der Waals surface area (Å²) in [5, 5.41) is 3.04. The molecule has 4 rings (SSSR count). The Bertz CT molecular complexity index is 1470. The number of alkyl halides is 3. The van der Waals surface area contributed by atoms with Crippen molar-refractivity contribution < 1.29 is 32.2 Å². The van der Waals surface area contributed by atoms with Crippen molar-refractivity contribution in [2.24, 2.45) is 0 Å². The van der Waals surface area contributed by atoms with E-state index in [1.54, 1.807) is 63.7 Å².